The normalized spacial score (nSPS) is 19.0. The Balaban J connectivity index is 2.20. The Bertz CT molecular complexity index is 476. The van der Waals surface area contributed by atoms with E-state index in [1.165, 1.54) is 13.1 Å². The van der Waals surface area contributed by atoms with Crippen LogP contribution in [0.25, 0.3) is 0 Å². The summed E-state index contributed by atoms with van der Waals surface area (Å²) in [7, 11) is 1.50. The number of amides is 1. The van der Waals surface area contributed by atoms with Crippen LogP contribution in [0.4, 0.5) is 5.82 Å². The number of aromatic nitrogens is 2. The van der Waals surface area contributed by atoms with Crippen molar-refractivity contribution in [3.8, 4) is 0 Å². The van der Waals surface area contributed by atoms with Gasteiger partial charge in [0.1, 0.15) is 0 Å². The number of hydrogen-bond acceptors (Lipinski definition) is 6. The molecule has 1 atom stereocenters. The number of nitrogens with one attached hydrogen (secondary N) is 1. The molecule has 19 heavy (non-hydrogen) atoms. The molecule has 2 heterocycles. The highest BCUT2D eigenvalue weighted by Gasteiger charge is 2.30. The van der Waals surface area contributed by atoms with Crippen LogP contribution in [0.1, 0.15) is 10.5 Å². The van der Waals surface area contributed by atoms with E-state index in [4.69, 9.17) is 9.84 Å². The van der Waals surface area contributed by atoms with Gasteiger partial charge in [-0.3, -0.25) is 4.79 Å². The predicted octanol–water partition coefficient (Wildman–Crippen LogP) is -0.874. The van der Waals surface area contributed by atoms with Gasteiger partial charge in [-0.15, -0.1) is 10.2 Å². The Morgan fingerprint density at radius 1 is 1.47 bits per heavy atom. The smallest absolute Gasteiger partial charge is 0.328 e. The minimum atomic E-state index is -0.975. The van der Waals surface area contributed by atoms with E-state index in [9.17, 15) is 9.59 Å². The first kappa shape index (κ1) is 13.2. The van der Waals surface area contributed by atoms with Crippen LogP contribution in [0, 0.1) is 0 Å². The molecule has 1 aliphatic heterocycles. The largest absolute Gasteiger partial charge is 0.480 e. The van der Waals surface area contributed by atoms with Gasteiger partial charge in [-0.1, -0.05) is 0 Å². The number of carbonyl (C=O) groups is 2. The monoisotopic (exact) mass is 266 g/mol. The van der Waals surface area contributed by atoms with E-state index < -0.39 is 12.0 Å². The number of carboxylic acid groups (broad SMARTS) is 1. The summed E-state index contributed by atoms with van der Waals surface area (Å²) in [6.07, 6.45) is 0. The molecule has 0 spiro atoms. The van der Waals surface area contributed by atoms with E-state index in [1.807, 2.05) is 0 Å². The third-order valence-electron chi connectivity index (χ3n) is 2.82. The summed E-state index contributed by atoms with van der Waals surface area (Å²) >= 11 is 0. The molecule has 1 saturated heterocycles. The Kier molecular flexibility index (Phi) is 3.91. The molecule has 102 valence electrons. The fourth-order valence-corrected chi connectivity index (χ4v) is 1.81. The summed E-state index contributed by atoms with van der Waals surface area (Å²) in [6, 6.07) is 2.31. The summed E-state index contributed by atoms with van der Waals surface area (Å²) < 4.78 is 5.14. The lowest BCUT2D eigenvalue weighted by atomic mass is 10.2. The second-order valence-corrected chi connectivity index (χ2v) is 3.98. The quantitative estimate of drug-likeness (QED) is 0.732. The zero-order valence-electron chi connectivity index (χ0n) is 10.4. The fourth-order valence-electron chi connectivity index (χ4n) is 1.81. The molecule has 1 unspecified atom stereocenters. The summed E-state index contributed by atoms with van der Waals surface area (Å²) in [5.74, 6) is -0.893. The molecule has 0 saturated carbocycles. The van der Waals surface area contributed by atoms with E-state index in [1.54, 1.807) is 11.0 Å². The maximum atomic E-state index is 11.3. The number of ether oxygens (including phenoxy) is 1. The maximum Gasteiger partial charge on any atom is 0.328 e. The highest BCUT2D eigenvalue weighted by molar-refractivity contribution is 5.92. The molecule has 1 fully saturated rings. The Labute approximate surface area is 109 Å². The number of carbonyl (C=O) groups excluding carboxylic acids is 1. The van der Waals surface area contributed by atoms with Crippen molar-refractivity contribution in [2.45, 2.75) is 6.04 Å². The minimum Gasteiger partial charge on any atom is -0.480 e. The van der Waals surface area contributed by atoms with Crippen molar-refractivity contribution in [3.05, 3.63) is 17.8 Å². The van der Waals surface area contributed by atoms with Gasteiger partial charge in [-0.05, 0) is 12.1 Å². The average Bonchev–Trinajstić information content (AvgIpc) is 2.46. The number of anilines is 1. The SMILES string of the molecule is CNC(=O)c1ccc(N2CCOCC2C(=O)O)nn1. The zero-order chi connectivity index (χ0) is 13.8. The molecule has 0 aliphatic carbocycles. The first-order valence-corrected chi connectivity index (χ1v) is 5.76. The fraction of sp³-hybridized carbons (Fsp3) is 0.455. The van der Waals surface area contributed by atoms with E-state index in [0.717, 1.165) is 0 Å². The van der Waals surface area contributed by atoms with E-state index in [2.05, 4.69) is 15.5 Å². The van der Waals surface area contributed by atoms with Crippen molar-refractivity contribution < 1.29 is 19.4 Å². The summed E-state index contributed by atoms with van der Waals surface area (Å²) in [5, 5.41) is 19.2. The molecule has 1 aromatic heterocycles. The average molecular weight is 266 g/mol. The van der Waals surface area contributed by atoms with Crippen LogP contribution in [0.15, 0.2) is 12.1 Å². The van der Waals surface area contributed by atoms with Gasteiger partial charge in [-0.2, -0.15) is 0 Å². The number of carboxylic acids is 1. The zero-order valence-corrected chi connectivity index (χ0v) is 10.4. The lowest BCUT2D eigenvalue weighted by Crippen LogP contribution is -2.50. The van der Waals surface area contributed by atoms with Gasteiger partial charge >= 0.3 is 5.97 Å². The molecule has 1 amide bonds. The molecule has 8 nitrogen and oxygen atoms in total. The van der Waals surface area contributed by atoms with Gasteiger partial charge in [0.05, 0.1) is 13.2 Å². The molecule has 1 aliphatic rings. The summed E-state index contributed by atoms with van der Waals surface area (Å²) in [5.41, 5.74) is 0.186. The molecular weight excluding hydrogens is 252 g/mol. The standard InChI is InChI=1S/C11H14N4O4/c1-12-10(16)7-2-3-9(14-13-7)15-4-5-19-6-8(15)11(17)18/h2-3,8H,4-6H2,1H3,(H,12,16)(H,17,18). The predicted molar refractivity (Wildman–Crippen MR) is 65.0 cm³/mol. The van der Waals surface area contributed by atoms with Gasteiger partial charge in [0.2, 0.25) is 0 Å². The topological polar surface area (TPSA) is 105 Å². The molecule has 2 N–H and O–H groups in total. The van der Waals surface area contributed by atoms with Gasteiger partial charge in [0, 0.05) is 13.6 Å². The molecule has 8 heteroatoms. The molecule has 1 aromatic rings. The third-order valence-corrected chi connectivity index (χ3v) is 2.82. The van der Waals surface area contributed by atoms with Crippen LogP contribution in [-0.2, 0) is 9.53 Å². The molecule has 2 rings (SSSR count). The number of rotatable bonds is 3. The van der Waals surface area contributed by atoms with Gasteiger partial charge < -0.3 is 20.1 Å². The Morgan fingerprint density at radius 3 is 2.84 bits per heavy atom. The van der Waals surface area contributed by atoms with Crippen LogP contribution in [0.3, 0.4) is 0 Å². The summed E-state index contributed by atoms with van der Waals surface area (Å²) in [6.45, 7) is 0.960. The van der Waals surface area contributed by atoms with Crippen LogP contribution in [-0.4, -0.2) is 60.0 Å². The van der Waals surface area contributed by atoms with Gasteiger partial charge in [-0.25, -0.2) is 4.79 Å². The van der Waals surface area contributed by atoms with Crippen LogP contribution in [0.2, 0.25) is 0 Å². The molecular formula is C11H14N4O4. The maximum absolute atomic E-state index is 11.3. The second-order valence-electron chi connectivity index (χ2n) is 3.98. The Morgan fingerprint density at radius 2 is 2.26 bits per heavy atom. The summed E-state index contributed by atoms with van der Waals surface area (Å²) in [4.78, 5) is 24.1. The number of morpholine rings is 1. The second kappa shape index (κ2) is 5.61. The van der Waals surface area contributed by atoms with E-state index in [-0.39, 0.29) is 18.2 Å². The molecule has 0 bridgehead atoms. The van der Waals surface area contributed by atoms with Gasteiger partial charge in [0.15, 0.2) is 17.6 Å². The Hall–Kier alpha value is -2.22. The van der Waals surface area contributed by atoms with E-state index in [0.29, 0.717) is 19.0 Å². The third kappa shape index (κ3) is 2.79. The van der Waals surface area contributed by atoms with Crippen molar-refractivity contribution in [1.82, 2.24) is 15.5 Å². The molecule has 0 radical (unpaired) electrons. The van der Waals surface area contributed by atoms with Crippen LogP contribution < -0.4 is 10.2 Å². The lowest BCUT2D eigenvalue weighted by molar-refractivity contribution is -0.141. The molecule has 0 aromatic carbocycles. The number of nitrogens with zero attached hydrogens (tertiary/aromatic N) is 3. The minimum absolute atomic E-state index is 0.105. The first-order chi connectivity index (χ1) is 9.13. The van der Waals surface area contributed by atoms with Crippen molar-refractivity contribution >= 4 is 17.7 Å². The number of hydrogen-bond donors (Lipinski definition) is 2. The van der Waals surface area contributed by atoms with Crippen LogP contribution in [0.5, 0.6) is 0 Å². The van der Waals surface area contributed by atoms with Crippen molar-refractivity contribution in [3.63, 3.8) is 0 Å². The van der Waals surface area contributed by atoms with Crippen molar-refractivity contribution in [1.29, 1.82) is 0 Å². The highest BCUT2D eigenvalue weighted by Crippen LogP contribution is 2.16. The van der Waals surface area contributed by atoms with Crippen molar-refractivity contribution in [2.24, 2.45) is 0 Å². The van der Waals surface area contributed by atoms with Crippen molar-refractivity contribution in [2.75, 3.05) is 31.7 Å². The van der Waals surface area contributed by atoms with Gasteiger partial charge in [0.25, 0.3) is 5.91 Å². The lowest BCUT2D eigenvalue weighted by Gasteiger charge is -2.33. The van der Waals surface area contributed by atoms with E-state index >= 15 is 0 Å². The first-order valence-electron chi connectivity index (χ1n) is 5.76. The number of aliphatic carboxylic acids is 1. The highest BCUT2D eigenvalue weighted by atomic mass is 16.5. The van der Waals surface area contributed by atoms with Crippen LogP contribution >= 0.6 is 0 Å².